The summed E-state index contributed by atoms with van der Waals surface area (Å²) in [5, 5.41) is 6.23. The van der Waals surface area contributed by atoms with Gasteiger partial charge in [-0.05, 0) is 67.7 Å². The van der Waals surface area contributed by atoms with Gasteiger partial charge in [-0.15, -0.1) is 0 Å². The van der Waals surface area contributed by atoms with Gasteiger partial charge in [-0.25, -0.2) is 4.79 Å². The van der Waals surface area contributed by atoms with E-state index in [-0.39, 0.29) is 30.1 Å². The smallest absolute Gasteiger partial charge is 0.322 e. The standard InChI is InChI=1S/C25H30N4O3/c1-25(2,3)32-16-23(30)22-12-18(9-11-27-22)17-4-6-21(7-5-17)28-24(31)29-14-19-8-10-26-13-20(19)15-29/h4-10,13,22,27H,11-12,14-16H2,1-3H3,(H,28,31). The molecule has 0 saturated heterocycles. The molecule has 2 amide bonds. The van der Waals surface area contributed by atoms with E-state index in [2.05, 4.69) is 21.7 Å². The van der Waals surface area contributed by atoms with Crippen LogP contribution in [0.25, 0.3) is 5.57 Å². The van der Waals surface area contributed by atoms with E-state index in [1.54, 1.807) is 11.1 Å². The number of carbonyl (C=O) groups excluding carboxylic acids is 2. The predicted octanol–water partition coefficient (Wildman–Crippen LogP) is 3.76. The fraction of sp³-hybridized carbons (Fsp3) is 0.400. The summed E-state index contributed by atoms with van der Waals surface area (Å²) >= 11 is 0. The minimum Gasteiger partial charge on any atom is -0.368 e. The Morgan fingerprint density at radius 3 is 2.62 bits per heavy atom. The number of nitrogens with one attached hydrogen (secondary N) is 2. The van der Waals surface area contributed by atoms with Crippen molar-refractivity contribution in [2.75, 3.05) is 18.5 Å². The van der Waals surface area contributed by atoms with Gasteiger partial charge in [0.2, 0.25) is 0 Å². The number of aromatic nitrogens is 1. The van der Waals surface area contributed by atoms with E-state index in [1.165, 1.54) is 0 Å². The molecule has 7 nitrogen and oxygen atoms in total. The largest absolute Gasteiger partial charge is 0.368 e. The molecule has 0 fully saturated rings. The van der Waals surface area contributed by atoms with E-state index in [0.29, 0.717) is 26.1 Å². The summed E-state index contributed by atoms with van der Waals surface area (Å²) in [7, 11) is 0. The molecule has 0 spiro atoms. The summed E-state index contributed by atoms with van der Waals surface area (Å²) in [4.78, 5) is 31.1. The van der Waals surface area contributed by atoms with Crippen molar-refractivity contribution in [2.45, 2.75) is 51.9 Å². The number of ketones is 1. The lowest BCUT2D eigenvalue weighted by Crippen LogP contribution is -2.42. The first-order chi connectivity index (χ1) is 15.3. The fourth-order valence-electron chi connectivity index (χ4n) is 3.88. The lowest BCUT2D eigenvalue weighted by Gasteiger charge is -2.26. The van der Waals surface area contributed by atoms with Gasteiger partial charge in [0, 0.05) is 37.7 Å². The SMILES string of the molecule is CC(C)(C)OCC(=O)C1CC(c2ccc(NC(=O)N3Cc4ccncc4C3)cc2)=CCN1. The number of urea groups is 1. The topological polar surface area (TPSA) is 83.6 Å². The number of ether oxygens (including phenoxy) is 1. The third-order valence-electron chi connectivity index (χ3n) is 5.69. The molecule has 7 heteroatoms. The summed E-state index contributed by atoms with van der Waals surface area (Å²) in [6.45, 7) is 7.75. The third kappa shape index (κ3) is 5.41. The Hall–Kier alpha value is -3.03. The fourth-order valence-corrected chi connectivity index (χ4v) is 3.88. The number of pyridine rings is 1. The van der Waals surface area contributed by atoms with E-state index < -0.39 is 0 Å². The maximum atomic E-state index is 12.6. The molecule has 2 N–H and O–H groups in total. The molecule has 3 heterocycles. The second-order valence-corrected chi connectivity index (χ2v) is 9.27. The number of amides is 2. The number of anilines is 1. The molecule has 1 aromatic heterocycles. The van der Waals surface area contributed by atoms with Crippen LogP contribution in [0.1, 0.15) is 43.9 Å². The molecular weight excluding hydrogens is 404 g/mol. The van der Waals surface area contributed by atoms with E-state index in [9.17, 15) is 9.59 Å². The van der Waals surface area contributed by atoms with Gasteiger partial charge in [0.1, 0.15) is 6.61 Å². The number of fused-ring (bicyclic) bond motifs is 1. The highest BCUT2D eigenvalue weighted by molar-refractivity contribution is 5.90. The normalized spacial score (nSPS) is 18.2. The van der Waals surface area contributed by atoms with Crippen molar-refractivity contribution in [3.05, 3.63) is 65.5 Å². The summed E-state index contributed by atoms with van der Waals surface area (Å²) in [6, 6.07) is 9.37. The van der Waals surface area contributed by atoms with Gasteiger partial charge in [-0.3, -0.25) is 9.78 Å². The number of rotatable bonds is 5. The van der Waals surface area contributed by atoms with E-state index in [0.717, 1.165) is 28.0 Å². The van der Waals surface area contributed by atoms with Crippen LogP contribution in [0.2, 0.25) is 0 Å². The van der Waals surface area contributed by atoms with E-state index in [1.807, 2.05) is 57.3 Å². The predicted molar refractivity (Wildman–Crippen MR) is 124 cm³/mol. The Labute approximate surface area is 188 Å². The number of hydrogen-bond donors (Lipinski definition) is 2. The number of hydrogen-bond acceptors (Lipinski definition) is 5. The highest BCUT2D eigenvalue weighted by Gasteiger charge is 2.25. The van der Waals surface area contributed by atoms with Crippen molar-refractivity contribution in [3.63, 3.8) is 0 Å². The van der Waals surface area contributed by atoms with Crippen LogP contribution < -0.4 is 10.6 Å². The maximum Gasteiger partial charge on any atom is 0.322 e. The maximum absolute atomic E-state index is 12.6. The quantitative estimate of drug-likeness (QED) is 0.749. The van der Waals surface area contributed by atoms with Crippen molar-refractivity contribution < 1.29 is 14.3 Å². The molecule has 0 aliphatic carbocycles. The molecule has 0 saturated carbocycles. The van der Waals surface area contributed by atoms with Gasteiger partial charge >= 0.3 is 6.03 Å². The molecule has 2 aliphatic heterocycles. The number of Topliss-reactive ketones (excluding diaryl/α,β-unsaturated/α-hetero) is 1. The molecule has 2 aliphatic rings. The minimum absolute atomic E-state index is 0.0659. The Bertz CT molecular complexity index is 999. The Balaban J connectivity index is 1.33. The summed E-state index contributed by atoms with van der Waals surface area (Å²) in [5.74, 6) is 0.0659. The molecular formula is C25H30N4O3. The molecule has 0 bridgehead atoms. The summed E-state index contributed by atoms with van der Waals surface area (Å²) in [6.07, 6.45) is 6.30. The molecule has 0 radical (unpaired) electrons. The molecule has 32 heavy (non-hydrogen) atoms. The molecule has 4 rings (SSSR count). The molecule has 168 valence electrons. The lowest BCUT2D eigenvalue weighted by atomic mass is 9.93. The molecule has 1 aromatic carbocycles. The summed E-state index contributed by atoms with van der Waals surface area (Å²) < 4.78 is 5.64. The van der Waals surface area contributed by atoms with Gasteiger partial charge in [0.15, 0.2) is 5.78 Å². The van der Waals surface area contributed by atoms with Gasteiger partial charge in [0.25, 0.3) is 0 Å². The third-order valence-corrected chi connectivity index (χ3v) is 5.69. The van der Waals surface area contributed by atoms with Gasteiger partial charge in [0.05, 0.1) is 11.6 Å². The van der Waals surface area contributed by atoms with E-state index in [4.69, 9.17) is 4.74 Å². The highest BCUT2D eigenvalue weighted by atomic mass is 16.5. The molecule has 1 atom stereocenters. The van der Waals surface area contributed by atoms with Crippen LogP contribution in [0.5, 0.6) is 0 Å². The molecule has 1 unspecified atom stereocenters. The van der Waals surface area contributed by atoms with Crippen LogP contribution in [0.3, 0.4) is 0 Å². The van der Waals surface area contributed by atoms with Crippen molar-refractivity contribution in [3.8, 4) is 0 Å². The van der Waals surface area contributed by atoms with Crippen LogP contribution >= 0.6 is 0 Å². The number of nitrogens with zero attached hydrogens (tertiary/aromatic N) is 2. The average molecular weight is 435 g/mol. The zero-order chi connectivity index (χ0) is 22.7. The second-order valence-electron chi connectivity index (χ2n) is 9.27. The van der Waals surface area contributed by atoms with Gasteiger partial charge in [-0.2, -0.15) is 0 Å². The van der Waals surface area contributed by atoms with Crippen molar-refractivity contribution in [2.24, 2.45) is 0 Å². The highest BCUT2D eigenvalue weighted by Crippen LogP contribution is 2.26. The van der Waals surface area contributed by atoms with Crippen molar-refractivity contribution in [1.29, 1.82) is 0 Å². The summed E-state index contributed by atoms with van der Waals surface area (Å²) in [5.41, 5.74) is 4.82. The van der Waals surface area contributed by atoms with Gasteiger partial charge in [-0.1, -0.05) is 18.2 Å². The first-order valence-corrected chi connectivity index (χ1v) is 11.0. The zero-order valence-corrected chi connectivity index (χ0v) is 18.9. The van der Waals surface area contributed by atoms with Crippen LogP contribution in [0.4, 0.5) is 10.5 Å². The van der Waals surface area contributed by atoms with Crippen LogP contribution in [0, 0.1) is 0 Å². The zero-order valence-electron chi connectivity index (χ0n) is 18.9. The molecule has 2 aromatic rings. The minimum atomic E-state index is -0.335. The van der Waals surface area contributed by atoms with Crippen LogP contribution in [-0.2, 0) is 22.6 Å². The first kappa shape index (κ1) is 22.2. The van der Waals surface area contributed by atoms with E-state index >= 15 is 0 Å². The lowest BCUT2D eigenvalue weighted by molar-refractivity contribution is -0.130. The number of carbonyl (C=O) groups is 2. The van der Waals surface area contributed by atoms with Crippen LogP contribution in [-0.4, -0.2) is 46.5 Å². The Kier molecular flexibility index (Phi) is 6.39. The Morgan fingerprint density at radius 2 is 1.91 bits per heavy atom. The first-order valence-electron chi connectivity index (χ1n) is 11.0. The average Bonchev–Trinajstić information content (AvgIpc) is 3.22. The van der Waals surface area contributed by atoms with Gasteiger partial charge < -0.3 is 20.3 Å². The van der Waals surface area contributed by atoms with Crippen molar-refractivity contribution >= 4 is 23.1 Å². The van der Waals surface area contributed by atoms with Crippen LogP contribution in [0.15, 0.2) is 48.8 Å². The second kappa shape index (κ2) is 9.22. The Morgan fingerprint density at radius 1 is 1.16 bits per heavy atom. The number of benzene rings is 1. The monoisotopic (exact) mass is 434 g/mol. The van der Waals surface area contributed by atoms with Crippen molar-refractivity contribution in [1.82, 2.24) is 15.2 Å².